The predicted molar refractivity (Wildman–Crippen MR) is 145 cm³/mol. The molecule has 0 aromatic carbocycles. The second kappa shape index (κ2) is 25.5. The van der Waals surface area contributed by atoms with Crippen molar-refractivity contribution in [2.45, 2.75) is 161 Å². The maximum Gasteiger partial charge on any atom is 0.326 e. The van der Waals surface area contributed by atoms with E-state index in [2.05, 4.69) is 24.5 Å². The Morgan fingerprint density at radius 1 is 0.571 bits per heavy atom. The second-order valence-electron chi connectivity index (χ2n) is 10.1. The Bertz CT molecular complexity index is 525. The summed E-state index contributed by atoms with van der Waals surface area (Å²) >= 11 is 0. The molecule has 0 saturated heterocycles. The summed E-state index contributed by atoms with van der Waals surface area (Å²) in [5.74, 6) is -1.07. The Morgan fingerprint density at radius 2 is 1.00 bits per heavy atom. The molecule has 0 radical (unpaired) electrons. The molecule has 0 rings (SSSR count). The molecule has 0 aliphatic carbocycles. The van der Waals surface area contributed by atoms with Crippen molar-refractivity contribution in [3.05, 3.63) is 0 Å². The van der Waals surface area contributed by atoms with Crippen molar-refractivity contribution in [3.63, 3.8) is 0 Å². The lowest BCUT2D eigenvalue weighted by Gasteiger charge is -2.14. The molecule has 0 spiro atoms. The number of hydrogen-bond acceptors (Lipinski definition) is 3. The van der Waals surface area contributed by atoms with E-state index in [4.69, 9.17) is 0 Å². The van der Waals surface area contributed by atoms with Gasteiger partial charge < -0.3 is 15.7 Å². The third-order valence-electron chi connectivity index (χ3n) is 6.64. The minimum Gasteiger partial charge on any atom is -0.480 e. The number of nitrogens with one attached hydrogen (secondary N) is 2. The summed E-state index contributed by atoms with van der Waals surface area (Å²) in [4.78, 5) is 35.5. The van der Waals surface area contributed by atoms with Crippen LogP contribution in [-0.4, -0.2) is 35.5 Å². The van der Waals surface area contributed by atoms with Gasteiger partial charge in [-0.25, -0.2) is 4.79 Å². The van der Waals surface area contributed by atoms with Gasteiger partial charge in [-0.05, 0) is 32.1 Å². The first-order valence-corrected chi connectivity index (χ1v) is 14.8. The highest BCUT2D eigenvalue weighted by Crippen LogP contribution is 2.11. The van der Waals surface area contributed by atoms with Gasteiger partial charge in [0.05, 0.1) is 0 Å². The number of carboxylic acids is 1. The van der Waals surface area contributed by atoms with E-state index in [0.29, 0.717) is 32.2 Å². The molecule has 0 saturated carbocycles. The Morgan fingerprint density at radius 3 is 1.46 bits per heavy atom. The Labute approximate surface area is 215 Å². The van der Waals surface area contributed by atoms with Crippen LogP contribution in [0.1, 0.15) is 155 Å². The van der Waals surface area contributed by atoms with E-state index < -0.39 is 12.0 Å². The molecule has 2 amide bonds. The largest absolute Gasteiger partial charge is 0.480 e. The second-order valence-corrected chi connectivity index (χ2v) is 10.1. The molecule has 0 bridgehead atoms. The monoisotopic (exact) mass is 496 g/mol. The van der Waals surface area contributed by atoms with E-state index in [-0.39, 0.29) is 11.8 Å². The molecule has 0 aliphatic rings. The van der Waals surface area contributed by atoms with Gasteiger partial charge in [-0.1, -0.05) is 110 Å². The maximum atomic E-state index is 12.1. The molecule has 6 heteroatoms. The number of carbonyl (C=O) groups excluding carboxylic acids is 2. The zero-order chi connectivity index (χ0) is 26.0. The van der Waals surface area contributed by atoms with Gasteiger partial charge in [0.15, 0.2) is 0 Å². The van der Waals surface area contributed by atoms with Gasteiger partial charge in [-0.2, -0.15) is 0 Å². The summed E-state index contributed by atoms with van der Waals surface area (Å²) in [5.41, 5.74) is 0. The number of carbonyl (C=O) groups is 3. The van der Waals surface area contributed by atoms with Gasteiger partial charge in [0.25, 0.3) is 0 Å². The summed E-state index contributed by atoms with van der Waals surface area (Å²) < 4.78 is 0. The topological polar surface area (TPSA) is 95.5 Å². The Hall–Kier alpha value is -1.59. The van der Waals surface area contributed by atoms with Crippen LogP contribution in [0.3, 0.4) is 0 Å². The van der Waals surface area contributed by atoms with E-state index in [1.54, 1.807) is 0 Å². The Balaban J connectivity index is 3.69. The number of hydrogen-bond donors (Lipinski definition) is 3. The minimum atomic E-state index is -0.983. The number of amides is 2. The van der Waals surface area contributed by atoms with E-state index in [0.717, 1.165) is 38.5 Å². The van der Waals surface area contributed by atoms with E-state index in [9.17, 15) is 19.5 Å². The van der Waals surface area contributed by atoms with Crippen molar-refractivity contribution in [2.75, 3.05) is 6.54 Å². The summed E-state index contributed by atoms with van der Waals surface area (Å²) in [5, 5.41) is 15.0. The zero-order valence-corrected chi connectivity index (χ0v) is 23.0. The number of unbranched alkanes of at least 4 members (excludes halogenated alkanes) is 16. The normalized spacial score (nSPS) is 11.8. The first-order valence-electron chi connectivity index (χ1n) is 14.8. The van der Waals surface area contributed by atoms with Gasteiger partial charge >= 0.3 is 5.97 Å². The first-order chi connectivity index (χ1) is 17.0. The third-order valence-corrected chi connectivity index (χ3v) is 6.64. The van der Waals surface area contributed by atoms with E-state index in [1.165, 1.54) is 77.0 Å². The van der Waals surface area contributed by atoms with Crippen LogP contribution in [0.25, 0.3) is 0 Å². The van der Waals surface area contributed by atoms with Crippen LogP contribution in [0.2, 0.25) is 0 Å². The van der Waals surface area contributed by atoms with Crippen LogP contribution in [0, 0.1) is 0 Å². The van der Waals surface area contributed by atoms with Gasteiger partial charge in [0.2, 0.25) is 11.8 Å². The first kappa shape index (κ1) is 33.4. The number of rotatable bonds is 26. The van der Waals surface area contributed by atoms with Gasteiger partial charge in [-0.3, -0.25) is 9.59 Å². The number of aliphatic carboxylic acids is 1. The minimum absolute atomic E-state index is 0.0846. The SMILES string of the molecule is CCCCCCCCCCCC(=O)NCCCCC(NC(=O)CCCCCCCCCC)C(=O)O. The highest BCUT2D eigenvalue weighted by molar-refractivity contribution is 5.83. The van der Waals surface area contributed by atoms with Crippen molar-refractivity contribution in [1.82, 2.24) is 10.6 Å². The van der Waals surface area contributed by atoms with Crippen LogP contribution in [-0.2, 0) is 14.4 Å². The highest BCUT2D eigenvalue weighted by atomic mass is 16.4. The fraction of sp³-hybridized carbons (Fsp3) is 0.897. The molecule has 3 N–H and O–H groups in total. The molecule has 0 aliphatic heterocycles. The lowest BCUT2D eigenvalue weighted by atomic mass is 10.1. The van der Waals surface area contributed by atoms with Crippen LogP contribution >= 0.6 is 0 Å². The van der Waals surface area contributed by atoms with Gasteiger partial charge in [-0.15, -0.1) is 0 Å². The molecular weight excluding hydrogens is 440 g/mol. The summed E-state index contributed by atoms with van der Waals surface area (Å²) in [7, 11) is 0. The summed E-state index contributed by atoms with van der Waals surface area (Å²) in [6, 6.07) is -0.839. The molecule has 0 aromatic rings. The molecule has 35 heavy (non-hydrogen) atoms. The van der Waals surface area contributed by atoms with Crippen LogP contribution < -0.4 is 10.6 Å². The molecule has 0 heterocycles. The lowest BCUT2D eigenvalue weighted by Crippen LogP contribution is -2.40. The Kier molecular flexibility index (Phi) is 24.3. The lowest BCUT2D eigenvalue weighted by molar-refractivity contribution is -0.142. The molecule has 6 nitrogen and oxygen atoms in total. The van der Waals surface area contributed by atoms with Crippen molar-refractivity contribution in [1.29, 1.82) is 0 Å². The molecule has 1 atom stereocenters. The van der Waals surface area contributed by atoms with Crippen molar-refractivity contribution < 1.29 is 19.5 Å². The maximum absolute atomic E-state index is 12.1. The van der Waals surface area contributed by atoms with Crippen molar-refractivity contribution in [2.24, 2.45) is 0 Å². The van der Waals surface area contributed by atoms with Crippen LogP contribution in [0.4, 0.5) is 0 Å². The molecule has 1 unspecified atom stereocenters. The molecule has 206 valence electrons. The zero-order valence-electron chi connectivity index (χ0n) is 23.0. The molecule has 0 aromatic heterocycles. The standard InChI is InChI=1S/C29H56N2O4/c1-3-5-7-9-11-13-15-16-18-23-27(32)30-25-21-20-22-26(29(34)35)31-28(33)24-19-17-14-12-10-8-6-4-2/h26H,3-25H2,1-2H3,(H,30,32)(H,31,33)(H,34,35). The average Bonchev–Trinajstić information content (AvgIpc) is 2.83. The average molecular weight is 497 g/mol. The third kappa shape index (κ3) is 23.9. The van der Waals surface area contributed by atoms with E-state index in [1.807, 2.05) is 0 Å². The van der Waals surface area contributed by atoms with Gasteiger partial charge in [0.1, 0.15) is 6.04 Å². The molecular formula is C29H56N2O4. The van der Waals surface area contributed by atoms with Crippen LogP contribution in [0.5, 0.6) is 0 Å². The summed E-state index contributed by atoms with van der Waals surface area (Å²) in [6.07, 6.45) is 23.2. The molecule has 0 fully saturated rings. The van der Waals surface area contributed by atoms with Crippen molar-refractivity contribution in [3.8, 4) is 0 Å². The van der Waals surface area contributed by atoms with Crippen molar-refractivity contribution >= 4 is 17.8 Å². The fourth-order valence-electron chi connectivity index (χ4n) is 4.33. The smallest absolute Gasteiger partial charge is 0.326 e. The highest BCUT2D eigenvalue weighted by Gasteiger charge is 2.19. The predicted octanol–water partition coefficient (Wildman–Crippen LogP) is 7.29. The summed E-state index contributed by atoms with van der Waals surface area (Å²) in [6.45, 7) is 5.01. The van der Waals surface area contributed by atoms with Gasteiger partial charge in [0, 0.05) is 19.4 Å². The fourth-order valence-corrected chi connectivity index (χ4v) is 4.33. The number of carboxylic acid groups (broad SMARTS) is 1. The van der Waals surface area contributed by atoms with E-state index >= 15 is 0 Å². The van der Waals surface area contributed by atoms with Crippen LogP contribution in [0.15, 0.2) is 0 Å². The quantitative estimate of drug-likeness (QED) is 0.110.